The monoisotopic (exact) mass is 333 g/mol. The van der Waals surface area contributed by atoms with Gasteiger partial charge in [-0.05, 0) is 45.9 Å². The van der Waals surface area contributed by atoms with Gasteiger partial charge in [0, 0.05) is 39.3 Å². The standard InChI is InChI=1S/C10H24N4.C6H15NO2/c1-3-11-7-9-13-5-2-6-14-10-8-12-4-1;1-2-8-5-6-9-4-3-7/h11-14H,1-10H2;2-7H2,1H3. The molecule has 140 valence electrons. The summed E-state index contributed by atoms with van der Waals surface area (Å²) in [6, 6.07) is 0. The van der Waals surface area contributed by atoms with Gasteiger partial charge in [0.05, 0.1) is 19.8 Å². The van der Waals surface area contributed by atoms with E-state index in [1.165, 1.54) is 12.8 Å². The summed E-state index contributed by atoms with van der Waals surface area (Å²) in [6.45, 7) is 14.1. The third-order valence-electron chi connectivity index (χ3n) is 3.21. The van der Waals surface area contributed by atoms with Gasteiger partial charge in [0.1, 0.15) is 0 Å². The fourth-order valence-electron chi connectivity index (χ4n) is 1.98. The van der Waals surface area contributed by atoms with Gasteiger partial charge in [-0.25, -0.2) is 0 Å². The summed E-state index contributed by atoms with van der Waals surface area (Å²) in [5.41, 5.74) is 5.18. The number of ether oxygens (including phenoxy) is 2. The number of nitrogens with two attached hydrogens (primary N) is 1. The summed E-state index contributed by atoms with van der Waals surface area (Å²) in [7, 11) is 0. The van der Waals surface area contributed by atoms with Crippen LogP contribution in [0.15, 0.2) is 0 Å². The van der Waals surface area contributed by atoms with Crippen LogP contribution in [0.1, 0.15) is 19.8 Å². The highest BCUT2D eigenvalue weighted by Crippen LogP contribution is 1.77. The summed E-state index contributed by atoms with van der Waals surface area (Å²) < 4.78 is 10.0. The second kappa shape index (κ2) is 21.7. The predicted octanol–water partition coefficient (Wildman–Crippen LogP) is -0.863. The Hall–Kier alpha value is -0.280. The van der Waals surface area contributed by atoms with Crippen LogP contribution in [0.5, 0.6) is 0 Å². The molecule has 0 aromatic rings. The van der Waals surface area contributed by atoms with Crippen LogP contribution >= 0.6 is 0 Å². The number of hydrogen-bond acceptors (Lipinski definition) is 7. The smallest absolute Gasteiger partial charge is 0.0701 e. The molecule has 0 saturated carbocycles. The fraction of sp³-hybridized carbons (Fsp3) is 1.00. The highest BCUT2D eigenvalue weighted by molar-refractivity contribution is 4.58. The highest BCUT2D eigenvalue weighted by atomic mass is 16.5. The first kappa shape index (κ1) is 22.7. The van der Waals surface area contributed by atoms with Crippen LogP contribution in [0, 0.1) is 0 Å². The summed E-state index contributed by atoms with van der Waals surface area (Å²) in [4.78, 5) is 0. The molecule has 6 N–H and O–H groups in total. The average molecular weight is 334 g/mol. The van der Waals surface area contributed by atoms with Crippen molar-refractivity contribution >= 4 is 0 Å². The third kappa shape index (κ3) is 21.7. The van der Waals surface area contributed by atoms with E-state index in [2.05, 4.69) is 21.3 Å². The molecule has 23 heavy (non-hydrogen) atoms. The van der Waals surface area contributed by atoms with E-state index >= 15 is 0 Å². The van der Waals surface area contributed by atoms with Crippen molar-refractivity contribution in [2.45, 2.75) is 19.8 Å². The minimum atomic E-state index is 0.589. The van der Waals surface area contributed by atoms with Crippen LogP contribution in [0.3, 0.4) is 0 Å². The molecule has 0 amide bonds. The van der Waals surface area contributed by atoms with E-state index in [0.717, 1.165) is 59.0 Å². The zero-order valence-corrected chi connectivity index (χ0v) is 15.0. The molecule has 0 aliphatic carbocycles. The molecule has 0 bridgehead atoms. The molecule has 0 unspecified atom stereocenters. The first-order chi connectivity index (χ1) is 11.4. The first-order valence-electron chi connectivity index (χ1n) is 9.10. The van der Waals surface area contributed by atoms with Gasteiger partial charge in [0.15, 0.2) is 0 Å². The lowest BCUT2D eigenvalue weighted by atomic mass is 10.3. The highest BCUT2D eigenvalue weighted by Gasteiger charge is 1.93. The number of hydrogen-bond donors (Lipinski definition) is 5. The Kier molecular flexibility index (Phi) is 21.5. The minimum Gasteiger partial charge on any atom is -0.379 e. The van der Waals surface area contributed by atoms with Crippen molar-refractivity contribution in [1.82, 2.24) is 21.3 Å². The van der Waals surface area contributed by atoms with E-state index in [9.17, 15) is 0 Å². The fourth-order valence-corrected chi connectivity index (χ4v) is 1.98. The molecule has 1 aliphatic rings. The molecular formula is C16H39N5O2. The van der Waals surface area contributed by atoms with E-state index in [1.54, 1.807) is 0 Å². The average Bonchev–Trinajstić information content (AvgIpc) is 2.58. The Labute approximate surface area is 142 Å². The number of rotatable bonds is 6. The lowest BCUT2D eigenvalue weighted by molar-refractivity contribution is 0.0561. The van der Waals surface area contributed by atoms with Gasteiger partial charge in [-0.3, -0.25) is 0 Å². The predicted molar refractivity (Wildman–Crippen MR) is 97.1 cm³/mol. The summed E-state index contributed by atoms with van der Waals surface area (Å²) in [6.07, 6.45) is 2.44. The van der Waals surface area contributed by atoms with Gasteiger partial charge < -0.3 is 36.5 Å². The van der Waals surface area contributed by atoms with E-state index in [0.29, 0.717) is 26.4 Å². The van der Waals surface area contributed by atoms with Gasteiger partial charge >= 0.3 is 0 Å². The largest absolute Gasteiger partial charge is 0.379 e. The lowest BCUT2D eigenvalue weighted by Crippen LogP contribution is -2.34. The zero-order chi connectivity index (χ0) is 16.8. The molecule has 1 aliphatic heterocycles. The van der Waals surface area contributed by atoms with Crippen LogP contribution in [0.25, 0.3) is 0 Å². The molecule has 1 heterocycles. The Morgan fingerprint density at radius 1 is 0.652 bits per heavy atom. The van der Waals surface area contributed by atoms with E-state index < -0.39 is 0 Å². The third-order valence-corrected chi connectivity index (χ3v) is 3.21. The van der Waals surface area contributed by atoms with Gasteiger partial charge in [-0.15, -0.1) is 0 Å². The molecule has 0 radical (unpaired) electrons. The van der Waals surface area contributed by atoms with Crippen molar-refractivity contribution in [2.75, 3.05) is 85.3 Å². The molecule has 0 atom stereocenters. The molecule has 0 aromatic carbocycles. The van der Waals surface area contributed by atoms with Crippen molar-refractivity contribution < 1.29 is 9.47 Å². The molecule has 0 aromatic heterocycles. The Morgan fingerprint density at radius 2 is 1.09 bits per heavy atom. The van der Waals surface area contributed by atoms with Crippen LogP contribution in [0.2, 0.25) is 0 Å². The second-order valence-corrected chi connectivity index (χ2v) is 5.31. The second-order valence-electron chi connectivity index (χ2n) is 5.31. The molecule has 1 rings (SSSR count). The van der Waals surface area contributed by atoms with Gasteiger partial charge in [0.2, 0.25) is 0 Å². The maximum absolute atomic E-state index is 5.18. The van der Waals surface area contributed by atoms with Crippen molar-refractivity contribution in [3.63, 3.8) is 0 Å². The van der Waals surface area contributed by atoms with Crippen LogP contribution < -0.4 is 27.0 Å². The molecule has 7 heteroatoms. The molecule has 7 nitrogen and oxygen atoms in total. The van der Waals surface area contributed by atoms with Crippen molar-refractivity contribution in [1.29, 1.82) is 0 Å². The van der Waals surface area contributed by atoms with Gasteiger partial charge in [0.25, 0.3) is 0 Å². The van der Waals surface area contributed by atoms with Crippen LogP contribution in [-0.4, -0.2) is 85.3 Å². The topological polar surface area (TPSA) is 92.6 Å². The first-order valence-corrected chi connectivity index (χ1v) is 9.10. The quantitative estimate of drug-likeness (QED) is 0.404. The normalized spacial score (nSPS) is 18.5. The SMILES string of the molecule is C1CNCCNCCCNCCNC1.CCOCCOCCN. The van der Waals surface area contributed by atoms with E-state index in [1.807, 2.05) is 6.92 Å². The molecular weight excluding hydrogens is 294 g/mol. The molecule has 0 spiro atoms. The molecule has 1 fully saturated rings. The van der Waals surface area contributed by atoms with E-state index in [-0.39, 0.29) is 0 Å². The Morgan fingerprint density at radius 3 is 1.48 bits per heavy atom. The lowest BCUT2D eigenvalue weighted by Gasteiger charge is -2.10. The van der Waals surface area contributed by atoms with Crippen LogP contribution in [-0.2, 0) is 9.47 Å². The molecule has 1 saturated heterocycles. The van der Waals surface area contributed by atoms with Crippen molar-refractivity contribution in [2.24, 2.45) is 5.73 Å². The zero-order valence-electron chi connectivity index (χ0n) is 15.0. The summed E-state index contributed by atoms with van der Waals surface area (Å²) in [5, 5.41) is 13.7. The van der Waals surface area contributed by atoms with E-state index in [4.69, 9.17) is 15.2 Å². The maximum atomic E-state index is 5.18. The van der Waals surface area contributed by atoms with Gasteiger partial charge in [-0.1, -0.05) is 0 Å². The maximum Gasteiger partial charge on any atom is 0.0701 e. The van der Waals surface area contributed by atoms with Crippen molar-refractivity contribution in [3.8, 4) is 0 Å². The summed E-state index contributed by atoms with van der Waals surface area (Å²) >= 11 is 0. The minimum absolute atomic E-state index is 0.589. The van der Waals surface area contributed by atoms with Gasteiger partial charge in [-0.2, -0.15) is 0 Å². The van der Waals surface area contributed by atoms with Crippen molar-refractivity contribution in [3.05, 3.63) is 0 Å². The van der Waals surface area contributed by atoms with Crippen LogP contribution in [0.4, 0.5) is 0 Å². The Balaban J connectivity index is 0.000000468. The summed E-state index contributed by atoms with van der Waals surface area (Å²) in [5.74, 6) is 0. The Bertz CT molecular complexity index is 152. The number of nitrogens with one attached hydrogen (secondary N) is 4.